The molecule has 2 amide bonds. The number of hydrogen-bond donors (Lipinski definition) is 3. The molecule has 0 fully saturated rings. The third kappa shape index (κ3) is 4.59. The van der Waals surface area contributed by atoms with Gasteiger partial charge < -0.3 is 15.6 Å². The fraction of sp³-hybridized carbons (Fsp3) is 0.188. The number of benzene rings is 1. The smallest absolute Gasteiger partial charge is 0.260 e. The van der Waals surface area contributed by atoms with Gasteiger partial charge in [0.1, 0.15) is 5.56 Å². The zero-order valence-corrected chi connectivity index (χ0v) is 14.3. The number of pyridine rings is 1. The van der Waals surface area contributed by atoms with Crippen molar-refractivity contribution in [1.29, 1.82) is 0 Å². The SMILES string of the molecule is Cc1ccc(C(=O)NCCNC(=O)c2ccc(Cl)c(Cl)c2)c(=O)[nH]1. The predicted molar refractivity (Wildman–Crippen MR) is 92.9 cm³/mol. The van der Waals surface area contributed by atoms with Gasteiger partial charge in [0.15, 0.2) is 0 Å². The molecule has 0 bridgehead atoms. The highest BCUT2D eigenvalue weighted by Crippen LogP contribution is 2.22. The van der Waals surface area contributed by atoms with Gasteiger partial charge in [-0.2, -0.15) is 0 Å². The molecule has 3 N–H and O–H groups in total. The van der Waals surface area contributed by atoms with E-state index >= 15 is 0 Å². The highest BCUT2D eigenvalue weighted by Gasteiger charge is 2.10. The number of aryl methyl sites for hydroxylation is 1. The summed E-state index contributed by atoms with van der Waals surface area (Å²) in [5, 5.41) is 5.85. The second-order valence-corrected chi connectivity index (χ2v) is 5.84. The maximum atomic E-state index is 11.9. The van der Waals surface area contributed by atoms with Crippen molar-refractivity contribution < 1.29 is 9.59 Å². The van der Waals surface area contributed by atoms with Crippen molar-refractivity contribution in [3.63, 3.8) is 0 Å². The first kappa shape index (κ1) is 18.0. The number of halogens is 2. The Balaban J connectivity index is 1.84. The van der Waals surface area contributed by atoms with Gasteiger partial charge in [0, 0.05) is 24.3 Å². The molecule has 126 valence electrons. The topological polar surface area (TPSA) is 91.1 Å². The van der Waals surface area contributed by atoms with Crippen LogP contribution in [0.15, 0.2) is 35.1 Å². The van der Waals surface area contributed by atoms with Crippen LogP contribution in [-0.4, -0.2) is 29.9 Å². The first-order valence-electron chi connectivity index (χ1n) is 7.10. The fourth-order valence-electron chi connectivity index (χ4n) is 1.94. The van der Waals surface area contributed by atoms with Gasteiger partial charge in [0.05, 0.1) is 10.0 Å². The summed E-state index contributed by atoms with van der Waals surface area (Å²) in [6.07, 6.45) is 0. The molecule has 1 aromatic carbocycles. The van der Waals surface area contributed by atoms with E-state index in [2.05, 4.69) is 15.6 Å². The molecule has 0 atom stereocenters. The molecular formula is C16H15Cl2N3O3. The maximum absolute atomic E-state index is 11.9. The fourth-order valence-corrected chi connectivity index (χ4v) is 2.24. The normalized spacial score (nSPS) is 10.3. The molecular weight excluding hydrogens is 353 g/mol. The molecule has 0 radical (unpaired) electrons. The number of aromatic amines is 1. The average Bonchev–Trinajstić information content (AvgIpc) is 2.53. The Hall–Kier alpha value is -2.31. The summed E-state index contributed by atoms with van der Waals surface area (Å²) >= 11 is 11.6. The van der Waals surface area contributed by atoms with Crippen LogP contribution in [0.4, 0.5) is 0 Å². The monoisotopic (exact) mass is 367 g/mol. The number of H-pyrrole nitrogens is 1. The van der Waals surface area contributed by atoms with Crippen LogP contribution in [-0.2, 0) is 0 Å². The first-order chi connectivity index (χ1) is 11.4. The van der Waals surface area contributed by atoms with E-state index in [1.807, 2.05) is 0 Å². The van der Waals surface area contributed by atoms with E-state index in [9.17, 15) is 14.4 Å². The molecule has 0 aliphatic heterocycles. The van der Waals surface area contributed by atoms with Gasteiger partial charge in [-0.05, 0) is 37.3 Å². The Kier molecular flexibility index (Phi) is 6.00. The molecule has 0 unspecified atom stereocenters. The lowest BCUT2D eigenvalue weighted by Crippen LogP contribution is -2.36. The summed E-state index contributed by atoms with van der Waals surface area (Å²) in [7, 11) is 0. The van der Waals surface area contributed by atoms with Crippen LogP contribution in [0.1, 0.15) is 26.4 Å². The second kappa shape index (κ2) is 7.99. The standard InChI is InChI=1S/C16H15Cl2N3O3/c1-9-2-4-11(16(24)21-9)15(23)20-7-6-19-14(22)10-3-5-12(17)13(18)8-10/h2-5,8H,6-7H2,1H3,(H,19,22)(H,20,23)(H,21,24). The van der Waals surface area contributed by atoms with Crippen LogP contribution < -0.4 is 16.2 Å². The molecule has 0 aliphatic rings. The van der Waals surface area contributed by atoms with Gasteiger partial charge >= 0.3 is 0 Å². The summed E-state index contributed by atoms with van der Waals surface area (Å²) in [6.45, 7) is 2.11. The number of rotatable bonds is 5. The summed E-state index contributed by atoms with van der Waals surface area (Å²) in [6, 6.07) is 7.64. The van der Waals surface area contributed by atoms with E-state index in [4.69, 9.17) is 23.2 Å². The maximum Gasteiger partial charge on any atom is 0.260 e. The summed E-state index contributed by atoms with van der Waals surface area (Å²) < 4.78 is 0. The van der Waals surface area contributed by atoms with Crippen molar-refractivity contribution in [2.45, 2.75) is 6.92 Å². The number of aromatic nitrogens is 1. The molecule has 0 saturated carbocycles. The van der Waals surface area contributed by atoms with Gasteiger partial charge in [-0.15, -0.1) is 0 Å². The Morgan fingerprint density at radius 2 is 1.67 bits per heavy atom. The molecule has 2 rings (SSSR count). The van der Waals surface area contributed by atoms with Crippen molar-refractivity contribution in [3.8, 4) is 0 Å². The van der Waals surface area contributed by atoms with Gasteiger partial charge in [0.25, 0.3) is 17.4 Å². The molecule has 8 heteroatoms. The van der Waals surface area contributed by atoms with E-state index in [1.54, 1.807) is 19.1 Å². The molecule has 1 heterocycles. The van der Waals surface area contributed by atoms with Crippen molar-refractivity contribution in [3.05, 3.63) is 67.6 Å². The van der Waals surface area contributed by atoms with Gasteiger partial charge in [-0.1, -0.05) is 23.2 Å². The minimum Gasteiger partial charge on any atom is -0.350 e. The third-order valence-corrected chi connectivity index (χ3v) is 3.92. The number of carbonyl (C=O) groups excluding carboxylic acids is 2. The molecule has 0 spiro atoms. The Morgan fingerprint density at radius 1 is 1.00 bits per heavy atom. The van der Waals surface area contributed by atoms with E-state index in [1.165, 1.54) is 18.2 Å². The van der Waals surface area contributed by atoms with Crippen molar-refractivity contribution >= 4 is 35.0 Å². The Morgan fingerprint density at radius 3 is 2.29 bits per heavy atom. The summed E-state index contributed by atoms with van der Waals surface area (Å²) in [4.78, 5) is 38.0. The lowest BCUT2D eigenvalue weighted by Gasteiger charge is -2.08. The van der Waals surface area contributed by atoms with E-state index in [0.29, 0.717) is 16.3 Å². The van der Waals surface area contributed by atoms with E-state index in [-0.39, 0.29) is 29.6 Å². The Bertz CT molecular complexity index is 834. The number of hydrogen-bond acceptors (Lipinski definition) is 3. The highest BCUT2D eigenvalue weighted by molar-refractivity contribution is 6.42. The van der Waals surface area contributed by atoms with Crippen LogP contribution >= 0.6 is 23.2 Å². The van der Waals surface area contributed by atoms with Gasteiger partial charge in [-0.3, -0.25) is 14.4 Å². The van der Waals surface area contributed by atoms with Crippen molar-refractivity contribution in [1.82, 2.24) is 15.6 Å². The zero-order valence-electron chi connectivity index (χ0n) is 12.8. The van der Waals surface area contributed by atoms with E-state index in [0.717, 1.165) is 0 Å². The molecule has 6 nitrogen and oxygen atoms in total. The second-order valence-electron chi connectivity index (χ2n) is 5.02. The molecule has 1 aromatic heterocycles. The molecule has 0 saturated heterocycles. The Labute approximate surface area is 148 Å². The minimum atomic E-state index is -0.500. The van der Waals surface area contributed by atoms with Crippen LogP contribution in [0.3, 0.4) is 0 Å². The molecule has 0 aliphatic carbocycles. The number of carbonyl (C=O) groups is 2. The zero-order chi connectivity index (χ0) is 17.7. The van der Waals surface area contributed by atoms with Crippen molar-refractivity contribution in [2.24, 2.45) is 0 Å². The highest BCUT2D eigenvalue weighted by atomic mass is 35.5. The van der Waals surface area contributed by atoms with Crippen LogP contribution in [0.5, 0.6) is 0 Å². The average molecular weight is 368 g/mol. The molecule has 2 aromatic rings. The first-order valence-corrected chi connectivity index (χ1v) is 7.85. The van der Waals surface area contributed by atoms with Gasteiger partial charge in [-0.25, -0.2) is 0 Å². The number of nitrogens with one attached hydrogen (secondary N) is 3. The van der Waals surface area contributed by atoms with Crippen molar-refractivity contribution in [2.75, 3.05) is 13.1 Å². The third-order valence-electron chi connectivity index (χ3n) is 3.18. The lowest BCUT2D eigenvalue weighted by molar-refractivity contribution is 0.0927. The minimum absolute atomic E-state index is 0.0245. The quantitative estimate of drug-likeness (QED) is 0.707. The van der Waals surface area contributed by atoms with Gasteiger partial charge in [0.2, 0.25) is 0 Å². The van der Waals surface area contributed by atoms with Crippen LogP contribution in [0.2, 0.25) is 10.0 Å². The van der Waals surface area contributed by atoms with Crippen LogP contribution in [0, 0.1) is 6.92 Å². The van der Waals surface area contributed by atoms with Crippen LogP contribution in [0.25, 0.3) is 0 Å². The number of amides is 2. The predicted octanol–water partition coefficient (Wildman–Crippen LogP) is 2.15. The summed E-state index contributed by atoms with van der Waals surface area (Å²) in [5.41, 5.74) is 0.611. The largest absolute Gasteiger partial charge is 0.350 e. The summed E-state index contributed by atoms with van der Waals surface area (Å²) in [5.74, 6) is -0.837. The lowest BCUT2D eigenvalue weighted by atomic mass is 10.2. The molecule has 24 heavy (non-hydrogen) atoms. The van der Waals surface area contributed by atoms with E-state index < -0.39 is 11.5 Å².